The highest BCUT2D eigenvalue weighted by Gasteiger charge is 2.22. The maximum atomic E-state index is 13.1. The van der Waals surface area contributed by atoms with Gasteiger partial charge in [-0.15, -0.1) is 6.58 Å². The van der Waals surface area contributed by atoms with E-state index in [4.69, 9.17) is 0 Å². The average Bonchev–Trinajstić information content (AvgIpc) is 3.08. The highest BCUT2D eigenvalue weighted by Crippen LogP contribution is 2.19. The fraction of sp³-hybridized carbons (Fsp3) is 0.458. The quantitative estimate of drug-likeness (QED) is 0.477. The Labute approximate surface area is 164 Å². The number of unbranched alkanes of at least 4 members (excludes halogenated alkanes) is 1. The van der Waals surface area contributed by atoms with Crippen LogP contribution in [0.3, 0.4) is 0 Å². The molecule has 0 radical (unpaired) electrons. The zero-order valence-corrected chi connectivity index (χ0v) is 17.2. The largest absolute Gasteiger partial charge is 0.345 e. The molecule has 0 fully saturated rings. The molecular formula is C24H34N2O. The molecule has 1 heterocycles. The summed E-state index contributed by atoms with van der Waals surface area (Å²) >= 11 is 0. The second-order valence-corrected chi connectivity index (χ2v) is 7.37. The van der Waals surface area contributed by atoms with Crippen LogP contribution in [0.2, 0.25) is 0 Å². The molecule has 1 atom stereocenters. The maximum Gasteiger partial charge on any atom is 0.226 e. The Kier molecular flexibility index (Phi) is 8.38. The van der Waals surface area contributed by atoms with Crippen molar-refractivity contribution in [2.24, 2.45) is 5.92 Å². The normalized spacial score (nSPS) is 12.0. The third-order valence-corrected chi connectivity index (χ3v) is 5.12. The fourth-order valence-electron chi connectivity index (χ4n) is 3.55. The molecule has 0 aliphatic carbocycles. The summed E-state index contributed by atoms with van der Waals surface area (Å²) in [6.45, 7) is 12.3. The first-order chi connectivity index (χ1) is 13.1. The number of amides is 1. The van der Waals surface area contributed by atoms with Gasteiger partial charge in [0.15, 0.2) is 0 Å². The smallest absolute Gasteiger partial charge is 0.226 e. The van der Waals surface area contributed by atoms with Crippen LogP contribution in [0.15, 0.2) is 55.3 Å². The molecule has 1 unspecified atom stereocenters. The van der Waals surface area contributed by atoms with Gasteiger partial charge in [-0.05, 0) is 37.5 Å². The van der Waals surface area contributed by atoms with E-state index in [2.05, 4.69) is 74.5 Å². The molecule has 1 aromatic heterocycles. The topological polar surface area (TPSA) is 25.2 Å². The predicted octanol–water partition coefficient (Wildman–Crippen LogP) is 5.58. The van der Waals surface area contributed by atoms with E-state index in [-0.39, 0.29) is 11.8 Å². The summed E-state index contributed by atoms with van der Waals surface area (Å²) in [5.41, 5.74) is 3.71. The van der Waals surface area contributed by atoms with Crippen LogP contribution in [-0.4, -0.2) is 21.9 Å². The molecule has 2 rings (SSSR count). The summed E-state index contributed by atoms with van der Waals surface area (Å²) in [6, 6.07) is 12.8. The minimum Gasteiger partial charge on any atom is -0.345 e. The van der Waals surface area contributed by atoms with Crippen LogP contribution in [0.1, 0.15) is 56.4 Å². The monoisotopic (exact) mass is 366 g/mol. The number of hydrogen-bond acceptors (Lipinski definition) is 1. The number of aromatic nitrogens is 1. The van der Waals surface area contributed by atoms with Crippen molar-refractivity contribution in [1.29, 1.82) is 0 Å². The lowest BCUT2D eigenvalue weighted by Crippen LogP contribution is -2.36. The minimum atomic E-state index is 0.116. The average molecular weight is 367 g/mol. The molecule has 0 aliphatic rings. The van der Waals surface area contributed by atoms with Crippen molar-refractivity contribution in [3.8, 4) is 0 Å². The van der Waals surface area contributed by atoms with Gasteiger partial charge in [0, 0.05) is 30.9 Å². The maximum absolute atomic E-state index is 13.1. The highest BCUT2D eigenvalue weighted by molar-refractivity contribution is 5.78. The van der Waals surface area contributed by atoms with Gasteiger partial charge in [0.1, 0.15) is 0 Å². The van der Waals surface area contributed by atoms with E-state index >= 15 is 0 Å². The van der Waals surface area contributed by atoms with Gasteiger partial charge in [0.05, 0.1) is 6.54 Å². The fourth-order valence-corrected chi connectivity index (χ4v) is 3.55. The Balaban J connectivity index is 2.13. The Morgan fingerprint density at radius 1 is 1.26 bits per heavy atom. The van der Waals surface area contributed by atoms with Crippen molar-refractivity contribution < 1.29 is 4.79 Å². The number of rotatable bonds is 11. The van der Waals surface area contributed by atoms with Crippen molar-refractivity contribution in [2.45, 2.75) is 59.5 Å². The first kappa shape index (κ1) is 21.0. The number of benzene rings is 1. The van der Waals surface area contributed by atoms with Gasteiger partial charge in [-0.3, -0.25) is 4.79 Å². The third kappa shape index (κ3) is 6.13. The van der Waals surface area contributed by atoms with Crippen molar-refractivity contribution >= 4 is 5.91 Å². The lowest BCUT2D eigenvalue weighted by molar-refractivity contribution is -0.136. The van der Waals surface area contributed by atoms with Gasteiger partial charge in [-0.1, -0.05) is 62.6 Å². The molecule has 0 N–H and O–H groups in total. The molecule has 0 aliphatic heterocycles. The molecule has 2 aromatic rings. The standard InChI is InChI=1S/C24H34N2O/c1-5-8-13-22(7-3)24(27)26(15-6-2)19-23-14-10-16-25(23)18-21-12-9-11-20(4)17-21/h6,9-12,14,16-17,22H,2,5,7-8,13,15,18-19H2,1,3-4H3. The molecule has 0 spiro atoms. The highest BCUT2D eigenvalue weighted by atomic mass is 16.2. The van der Waals surface area contributed by atoms with Crippen LogP contribution >= 0.6 is 0 Å². The van der Waals surface area contributed by atoms with E-state index in [1.807, 2.05) is 11.0 Å². The van der Waals surface area contributed by atoms with E-state index in [0.717, 1.165) is 37.9 Å². The van der Waals surface area contributed by atoms with Crippen LogP contribution in [0.5, 0.6) is 0 Å². The van der Waals surface area contributed by atoms with Gasteiger partial charge in [0.25, 0.3) is 0 Å². The third-order valence-electron chi connectivity index (χ3n) is 5.12. The van der Waals surface area contributed by atoms with Gasteiger partial charge >= 0.3 is 0 Å². The predicted molar refractivity (Wildman–Crippen MR) is 114 cm³/mol. The summed E-state index contributed by atoms with van der Waals surface area (Å²) in [7, 11) is 0. The van der Waals surface area contributed by atoms with Crippen molar-refractivity contribution in [3.05, 3.63) is 72.1 Å². The van der Waals surface area contributed by atoms with E-state index in [9.17, 15) is 4.79 Å². The molecule has 0 saturated carbocycles. The van der Waals surface area contributed by atoms with Crippen LogP contribution < -0.4 is 0 Å². The van der Waals surface area contributed by atoms with Crippen LogP contribution in [-0.2, 0) is 17.9 Å². The second kappa shape index (κ2) is 10.8. The number of carbonyl (C=O) groups excluding carboxylic acids is 1. The molecule has 146 valence electrons. The van der Waals surface area contributed by atoms with E-state index in [1.54, 1.807) is 0 Å². The number of hydrogen-bond donors (Lipinski definition) is 0. The molecule has 0 bridgehead atoms. The Morgan fingerprint density at radius 3 is 2.74 bits per heavy atom. The van der Waals surface area contributed by atoms with Crippen LogP contribution in [0.25, 0.3) is 0 Å². The summed E-state index contributed by atoms with van der Waals surface area (Å²) in [5.74, 6) is 0.374. The molecule has 3 heteroatoms. The zero-order chi connectivity index (χ0) is 19.6. The molecule has 1 amide bonds. The lowest BCUT2D eigenvalue weighted by Gasteiger charge is -2.26. The summed E-state index contributed by atoms with van der Waals surface area (Å²) < 4.78 is 2.24. The molecular weight excluding hydrogens is 332 g/mol. The number of aryl methyl sites for hydroxylation is 1. The van der Waals surface area contributed by atoms with Gasteiger partial charge in [-0.2, -0.15) is 0 Å². The first-order valence-corrected chi connectivity index (χ1v) is 10.2. The van der Waals surface area contributed by atoms with Crippen LogP contribution in [0, 0.1) is 12.8 Å². The summed E-state index contributed by atoms with van der Waals surface area (Å²) in [6.07, 6.45) is 8.04. The van der Waals surface area contributed by atoms with Crippen molar-refractivity contribution in [3.63, 3.8) is 0 Å². The summed E-state index contributed by atoms with van der Waals surface area (Å²) in [4.78, 5) is 15.0. The van der Waals surface area contributed by atoms with E-state index < -0.39 is 0 Å². The molecule has 0 saturated heterocycles. The van der Waals surface area contributed by atoms with Crippen molar-refractivity contribution in [2.75, 3.05) is 6.54 Å². The Morgan fingerprint density at radius 2 is 2.07 bits per heavy atom. The number of carbonyl (C=O) groups is 1. The van der Waals surface area contributed by atoms with Crippen LogP contribution in [0.4, 0.5) is 0 Å². The number of nitrogens with zero attached hydrogens (tertiary/aromatic N) is 2. The zero-order valence-electron chi connectivity index (χ0n) is 17.2. The lowest BCUT2D eigenvalue weighted by atomic mass is 9.97. The van der Waals surface area contributed by atoms with Gasteiger partial charge in [-0.25, -0.2) is 0 Å². The van der Waals surface area contributed by atoms with E-state index in [1.165, 1.54) is 11.1 Å². The first-order valence-electron chi connectivity index (χ1n) is 10.2. The molecule has 27 heavy (non-hydrogen) atoms. The summed E-state index contributed by atoms with van der Waals surface area (Å²) in [5, 5.41) is 0. The van der Waals surface area contributed by atoms with Gasteiger partial charge in [0.2, 0.25) is 5.91 Å². The van der Waals surface area contributed by atoms with Gasteiger partial charge < -0.3 is 9.47 Å². The minimum absolute atomic E-state index is 0.116. The SMILES string of the molecule is C=CCN(Cc1cccn1Cc1cccc(C)c1)C(=O)C(CC)CCCC. The Bertz CT molecular complexity index is 731. The Hall–Kier alpha value is -2.29. The molecule has 1 aromatic carbocycles. The second-order valence-electron chi connectivity index (χ2n) is 7.37. The van der Waals surface area contributed by atoms with Crippen molar-refractivity contribution in [1.82, 2.24) is 9.47 Å². The van der Waals surface area contributed by atoms with E-state index in [0.29, 0.717) is 13.1 Å². The molecule has 3 nitrogen and oxygen atoms in total.